The summed E-state index contributed by atoms with van der Waals surface area (Å²) in [6, 6.07) is 0. The van der Waals surface area contributed by atoms with Crippen molar-refractivity contribution in [3.05, 3.63) is 16.0 Å². The van der Waals surface area contributed by atoms with E-state index in [2.05, 4.69) is 17.6 Å². The molecule has 1 aromatic rings. The monoisotopic (exact) mass is 396 g/mol. The highest BCUT2D eigenvalue weighted by molar-refractivity contribution is 7.80. The van der Waals surface area contributed by atoms with Crippen LogP contribution < -0.4 is 10.6 Å². The van der Waals surface area contributed by atoms with Crippen molar-refractivity contribution in [2.24, 2.45) is 0 Å². The van der Waals surface area contributed by atoms with Crippen LogP contribution >= 0.6 is 23.6 Å². The van der Waals surface area contributed by atoms with Crippen LogP contribution in [-0.2, 0) is 22.4 Å². The first-order chi connectivity index (χ1) is 12.6. The topological polar surface area (TPSA) is 67.4 Å². The van der Waals surface area contributed by atoms with Gasteiger partial charge in [0.25, 0.3) is 0 Å². The summed E-state index contributed by atoms with van der Waals surface area (Å²) in [6.07, 6.45) is 8.73. The lowest BCUT2D eigenvalue weighted by Crippen LogP contribution is -2.34. The predicted octanol–water partition coefficient (Wildman–Crippen LogP) is 4.59. The van der Waals surface area contributed by atoms with Crippen molar-refractivity contribution in [1.29, 1.82) is 0 Å². The van der Waals surface area contributed by atoms with Gasteiger partial charge in [0, 0.05) is 11.3 Å². The zero-order valence-electron chi connectivity index (χ0n) is 15.6. The second-order valence-electron chi connectivity index (χ2n) is 6.45. The molecule has 0 atom stereocenters. The fourth-order valence-corrected chi connectivity index (χ4v) is 4.67. The molecule has 1 aromatic heterocycles. The van der Waals surface area contributed by atoms with E-state index < -0.39 is 0 Å². The zero-order valence-corrected chi connectivity index (χ0v) is 17.2. The maximum Gasteiger partial charge on any atom is 0.341 e. The second kappa shape index (κ2) is 10.6. The molecule has 7 heteroatoms. The molecule has 0 spiro atoms. The summed E-state index contributed by atoms with van der Waals surface area (Å²) >= 11 is 6.82. The fourth-order valence-electron chi connectivity index (χ4n) is 3.11. The Morgan fingerprint density at radius 2 is 1.92 bits per heavy atom. The number of thiophene rings is 1. The molecular formula is C19H28N2O3S2. The van der Waals surface area contributed by atoms with E-state index in [1.165, 1.54) is 4.88 Å². The number of hydrogen-bond donors (Lipinski definition) is 2. The van der Waals surface area contributed by atoms with E-state index in [9.17, 15) is 9.59 Å². The number of thiocarbonyl (C=S) groups is 1. The van der Waals surface area contributed by atoms with Gasteiger partial charge in [0.05, 0.1) is 12.2 Å². The molecular weight excluding hydrogens is 368 g/mol. The summed E-state index contributed by atoms with van der Waals surface area (Å²) in [7, 11) is 0. The highest BCUT2D eigenvalue weighted by Gasteiger charge is 2.26. The lowest BCUT2D eigenvalue weighted by atomic mass is 9.95. The van der Waals surface area contributed by atoms with Crippen molar-refractivity contribution in [3.8, 4) is 0 Å². The number of esters is 1. The van der Waals surface area contributed by atoms with Crippen LogP contribution in [0.5, 0.6) is 0 Å². The predicted molar refractivity (Wildman–Crippen MR) is 110 cm³/mol. The minimum Gasteiger partial charge on any atom is -0.462 e. The van der Waals surface area contributed by atoms with Crippen LogP contribution in [0.25, 0.3) is 0 Å². The standard InChI is InChI=1S/C19H28N2O3S2/c1-3-5-6-7-12-15(22)20-19(25)21-17-16(18(23)24-4-2)13-10-8-9-11-14(13)26-17/h3-12H2,1-2H3,(H2,20,21,22,25). The molecule has 1 heterocycles. The third-order valence-electron chi connectivity index (χ3n) is 4.39. The molecule has 0 saturated carbocycles. The molecule has 0 saturated heterocycles. The van der Waals surface area contributed by atoms with E-state index in [4.69, 9.17) is 17.0 Å². The van der Waals surface area contributed by atoms with Crippen molar-refractivity contribution < 1.29 is 14.3 Å². The fraction of sp³-hybridized carbons (Fsp3) is 0.632. The highest BCUT2D eigenvalue weighted by atomic mass is 32.1. The van der Waals surface area contributed by atoms with Gasteiger partial charge in [-0.05, 0) is 56.8 Å². The van der Waals surface area contributed by atoms with Crippen LogP contribution in [-0.4, -0.2) is 23.6 Å². The van der Waals surface area contributed by atoms with Gasteiger partial charge in [-0.1, -0.05) is 26.2 Å². The van der Waals surface area contributed by atoms with Crippen LogP contribution in [0, 0.1) is 0 Å². The molecule has 0 aliphatic heterocycles. The van der Waals surface area contributed by atoms with E-state index in [1.807, 2.05) is 0 Å². The summed E-state index contributed by atoms with van der Waals surface area (Å²) in [4.78, 5) is 25.6. The number of hydrogen-bond acceptors (Lipinski definition) is 5. The molecule has 0 bridgehead atoms. The van der Waals surface area contributed by atoms with Gasteiger partial charge in [-0.15, -0.1) is 11.3 Å². The molecule has 144 valence electrons. The normalized spacial score (nSPS) is 13.0. The molecule has 0 fully saturated rings. The van der Waals surface area contributed by atoms with E-state index in [-0.39, 0.29) is 17.0 Å². The highest BCUT2D eigenvalue weighted by Crippen LogP contribution is 2.38. The zero-order chi connectivity index (χ0) is 18.9. The Bertz CT molecular complexity index is 655. The Hall–Kier alpha value is -1.47. The number of nitrogens with one attached hydrogen (secondary N) is 2. The quantitative estimate of drug-likeness (QED) is 0.382. The molecule has 1 aliphatic rings. The van der Waals surface area contributed by atoms with Gasteiger partial charge in [0.1, 0.15) is 5.00 Å². The first kappa shape index (κ1) is 20.8. The lowest BCUT2D eigenvalue weighted by Gasteiger charge is -2.13. The van der Waals surface area contributed by atoms with Gasteiger partial charge in [-0.2, -0.15) is 0 Å². The van der Waals surface area contributed by atoms with E-state index >= 15 is 0 Å². The third kappa shape index (κ3) is 5.77. The summed E-state index contributed by atoms with van der Waals surface area (Å²) in [6.45, 7) is 4.27. The smallest absolute Gasteiger partial charge is 0.341 e. The maximum atomic E-state index is 12.4. The number of unbranched alkanes of at least 4 members (excludes halogenated alkanes) is 3. The molecule has 0 aromatic carbocycles. The Morgan fingerprint density at radius 3 is 2.65 bits per heavy atom. The summed E-state index contributed by atoms with van der Waals surface area (Å²) in [5.41, 5.74) is 1.67. The van der Waals surface area contributed by atoms with Crippen LogP contribution in [0.1, 0.15) is 79.6 Å². The molecule has 1 amide bonds. The number of aryl methyl sites for hydroxylation is 1. The Kier molecular flexibility index (Phi) is 8.51. The summed E-state index contributed by atoms with van der Waals surface area (Å²) < 4.78 is 5.23. The van der Waals surface area contributed by atoms with Crippen molar-refractivity contribution in [2.75, 3.05) is 11.9 Å². The summed E-state index contributed by atoms with van der Waals surface area (Å²) in [5, 5.41) is 6.71. The van der Waals surface area contributed by atoms with Crippen molar-refractivity contribution in [1.82, 2.24) is 5.32 Å². The number of fused-ring (bicyclic) bond motifs is 1. The van der Waals surface area contributed by atoms with Gasteiger partial charge in [-0.3, -0.25) is 4.79 Å². The van der Waals surface area contributed by atoms with E-state index in [0.717, 1.165) is 56.9 Å². The molecule has 1 aliphatic carbocycles. The minimum atomic E-state index is -0.317. The van der Waals surface area contributed by atoms with Crippen LogP contribution in [0.15, 0.2) is 0 Å². The van der Waals surface area contributed by atoms with Crippen molar-refractivity contribution in [3.63, 3.8) is 0 Å². The average Bonchev–Trinajstić information content (AvgIpc) is 2.96. The largest absolute Gasteiger partial charge is 0.462 e. The third-order valence-corrected chi connectivity index (χ3v) is 5.80. The van der Waals surface area contributed by atoms with Gasteiger partial charge in [0.2, 0.25) is 5.91 Å². The molecule has 2 N–H and O–H groups in total. The number of carbonyl (C=O) groups excluding carboxylic acids is 2. The first-order valence-corrected chi connectivity index (χ1v) is 10.7. The van der Waals surface area contributed by atoms with Crippen LogP contribution in [0.4, 0.5) is 5.00 Å². The molecule has 0 radical (unpaired) electrons. The Morgan fingerprint density at radius 1 is 1.15 bits per heavy atom. The molecule has 26 heavy (non-hydrogen) atoms. The average molecular weight is 397 g/mol. The van der Waals surface area contributed by atoms with Gasteiger partial charge < -0.3 is 15.4 Å². The van der Waals surface area contributed by atoms with Gasteiger partial charge in [-0.25, -0.2) is 4.79 Å². The molecule has 0 unspecified atom stereocenters. The Labute approximate surface area is 164 Å². The van der Waals surface area contributed by atoms with Crippen LogP contribution in [0.3, 0.4) is 0 Å². The van der Waals surface area contributed by atoms with Crippen molar-refractivity contribution in [2.45, 2.75) is 71.6 Å². The van der Waals surface area contributed by atoms with E-state index in [1.54, 1.807) is 18.3 Å². The molecule has 5 nitrogen and oxygen atoms in total. The Balaban J connectivity index is 2.01. The molecule has 2 rings (SSSR count). The first-order valence-electron chi connectivity index (χ1n) is 9.49. The second-order valence-corrected chi connectivity index (χ2v) is 7.96. The number of ether oxygens (including phenoxy) is 1. The lowest BCUT2D eigenvalue weighted by molar-refractivity contribution is -0.119. The maximum absolute atomic E-state index is 12.4. The minimum absolute atomic E-state index is 0.0855. The number of anilines is 1. The van der Waals surface area contributed by atoms with Crippen LogP contribution in [0.2, 0.25) is 0 Å². The SMILES string of the molecule is CCCCCCC(=O)NC(=S)Nc1sc2c(c1C(=O)OCC)CCCC2. The number of amides is 1. The van der Waals surface area contributed by atoms with Gasteiger partial charge >= 0.3 is 5.97 Å². The van der Waals surface area contributed by atoms with Crippen molar-refractivity contribution >= 4 is 45.5 Å². The number of carbonyl (C=O) groups is 2. The van der Waals surface area contributed by atoms with E-state index in [0.29, 0.717) is 23.6 Å². The summed E-state index contributed by atoms with van der Waals surface area (Å²) in [5.74, 6) is -0.402. The number of rotatable bonds is 8. The van der Waals surface area contributed by atoms with Gasteiger partial charge in [0.15, 0.2) is 5.11 Å².